The van der Waals surface area contributed by atoms with E-state index in [-0.39, 0.29) is 5.91 Å². The molecular formula is C16H21N5OS. The van der Waals surface area contributed by atoms with Gasteiger partial charge >= 0.3 is 0 Å². The number of thiazole rings is 1. The van der Waals surface area contributed by atoms with Crippen molar-refractivity contribution in [2.75, 3.05) is 31.1 Å². The van der Waals surface area contributed by atoms with E-state index >= 15 is 0 Å². The van der Waals surface area contributed by atoms with Crippen molar-refractivity contribution in [2.24, 2.45) is 0 Å². The first kappa shape index (κ1) is 15.9. The number of aryl methyl sites for hydroxylation is 2. The smallest absolute Gasteiger partial charge is 0.223 e. The quantitative estimate of drug-likeness (QED) is 0.856. The summed E-state index contributed by atoms with van der Waals surface area (Å²) in [7, 11) is 0. The van der Waals surface area contributed by atoms with Crippen LogP contribution in [0, 0.1) is 6.92 Å². The summed E-state index contributed by atoms with van der Waals surface area (Å²) in [4.78, 5) is 20.8. The topological polar surface area (TPSA) is 62.2 Å². The Balaban J connectivity index is 1.53. The maximum absolute atomic E-state index is 12.4. The van der Waals surface area contributed by atoms with Crippen molar-refractivity contribution in [3.05, 3.63) is 34.4 Å². The van der Waals surface area contributed by atoms with E-state index in [2.05, 4.69) is 20.1 Å². The van der Waals surface area contributed by atoms with Gasteiger partial charge in [0, 0.05) is 50.6 Å². The molecule has 0 N–H and O–H groups in total. The number of anilines is 1. The highest BCUT2D eigenvalue weighted by Gasteiger charge is 2.20. The molecule has 1 fully saturated rings. The van der Waals surface area contributed by atoms with Gasteiger partial charge in [-0.05, 0) is 25.5 Å². The molecule has 7 heteroatoms. The molecule has 1 amide bonds. The van der Waals surface area contributed by atoms with Gasteiger partial charge in [0.1, 0.15) is 0 Å². The van der Waals surface area contributed by atoms with Crippen molar-refractivity contribution >= 4 is 23.1 Å². The zero-order valence-corrected chi connectivity index (χ0v) is 14.1. The fourth-order valence-corrected chi connectivity index (χ4v) is 3.33. The molecule has 23 heavy (non-hydrogen) atoms. The monoisotopic (exact) mass is 331 g/mol. The first-order chi connectivity index (χ1) is 11.2. The van der Waals surface area contributed by atoms with Crippen molar-refractivity contribution in [3.8, 4) is 0 Å². The first-order valence-electron chi connectivity index (χ1n) is 7.94. The van der Waals surface area contributed by atoms with Crippen LogP contribution in [-0.4, -0.2) is 52.2 Å². The van der Waals surface area contributed by atoms with Crippen molar-refractivity contribution in [3.63, 3.8) is 0 Å². The summed E-state index contributed by atoms with van der Waals surface area (Å²) in [5, 5.41) is 11.4. The highest BCUT2D eigenvalue weighted by atomic mass is 32.1. The molecule has 2 aromatic heterocycles. The van der Waals surface area contributed by atoms with E-state index in [1.807, 2.05) is 29.3 Å². The molecule has 3 rings (SSSR count). The second-order valence-corrected chi connectivity index (χ2v) is 6.66. The molecule has 3 heterocycles. The lowest BCUT2D eigenvalue weighted by molar-refractivity contribution is -0.130. The fourth-order valence-electron chi connectivity index (χ4n) is 2.70. The first-order valence-corrected chi connectivity index (χ1v) is 8.82. The van der Waals surface area contributed by atoms with Gasteiger partial charge in [0.25, 0.3) is 0 Å². The van der Waals surface area contributed by atoms with Crippen LogP contribution in [-0.2, 0) is 11.2 Å². The molecule has 0 aromatic carbocycles. The highest BCUT2D eigenvalue weighted by Crippen LogP contribution is 2.14. The standard InChI is InChI=1S/C16H21N5OS/c1-13-3-4-14(19-18-13)20-8-2-9-21(11-10-20)16(22)6-5-15-17-7-12-23-15/h3-4,7,12H,2,5-6,8-11H2,1H3. The van der Waals surface area contributed by atoms with Gasteiger partial charge in [0.2, 0.25) is 5.91 Å². The van der Waals surface area contributed by atoms with Gasteiger partial charge in [0.05, 0.1) is 10.7 Å². The largest absolute Gasteiger partial charge is 0.353 e. The zero-order chi connectivity index (χ0) is 16.1. The molecule has 0 bridgehead atoms. The normalized spacial score (nSPS) is 15.5. The fraction of sp³-hybridized carbons (Fsp3) is 0.500. The Morgan fingerprint density at radius 3 is 2.87 bits per heavy atom. The van der Waals surface area contributed by atoms with Crippen molar-refractivity contribution < 1.29 is 4.79 Å². The molecule has 122 valence electrons. The predicted molar refractivity (Wildman–Crippen MR) is 90.6 cm³/mol. The Bertz CT molecular complexity index is 628. The van der Waals surface area contributed by atoms with Crippen LogP contribution in [0.2, 0.25) is 0 Å². The minimum Gasteiger partial charge on any atom is -0.353 e. The molecule has 1 aliphatic heterocycles. The average molecular weight is 331 g/mol. The van der Waals surface area contributed by atoms with Gasteiger partial charge < -0.3 is 9.80 Å². The summed E-state index contributed by atoms with van der Waals surface area (Å²) < 4.78 is 0. The summed E-state index contributed by atoms with van der Waals surface area (Å²) in [5.74, 6) is 1.12. The van der Waals surface area contributed by atoms with Crippen LogP contribution in [0.3, 0.4) is 0 Å². The minimum atomic E-state index is 0.219. The van der Waals surface area contributed by atoms with Crippen molar-refractivity contribution in [2.45, 2.75) is 26.2 Å². The highest BCUT2D eigenvalue weighted by molar-refractivity contribution is 7.09. The number of nitrogens with zero attached hydrogens (tertiary/aromatic N) is 5. The van der Waals surface area contributed by atoms with E-state index in [0.717, 1.165) is 55.5 Å². The summed E-state index contributed by atoms with van der Waals surface area (Å²) >= 11 is 1.61. The Labute approximate surface area is 140 Å². The molecule has 0 unspecified atom stereocenters. The van der Waals surface area contributed by atoms with Gasteiger partial charge in [0.15, 0.2) is 5.82 Å². The molecule has 1 aliphatic rings. The molecule has 2 aromatic rings. The Hall–Kier alpha value is -2.02. The van der Waals surface area contributed by atoms with Gasteiger partial charge in [-0.3, -0.25) is 4.79 Å². The Morgan fingerprint density at radius 1 is 1.22 bits per heavy atom. The van der Waals surface area contributed by atoms with Crippen LogP contribution in [0.15, 0.2) is 23.7 Å². The molecule has 0 radical (unpaired) electrons. The van der Waals surface area contributed by atoms with Crippen LogP contribution in [0.25, 0.3) is 0 Å². The van der Waals surface area contributed by atoms with Gasteiger partial charge in [-0.2, -0.15) is 5.10 Å². The second-order valence-electron chi connectivity index (χ2n) is 5.68. The molecule has 6 nitrogen and oxygen atoms in total. The summed E-state index contributed by atoms with van der Waals surface area (Å²) in [5.41, 5.74) is 0.919. The number of aromatic nitrogens is 3. The lowest BCUT2D eigenvalue weighted by atomic mass is 10.2. The lowest BCUT2D eigenvalue weighted by Gasteiger charge is -2.22. The summed E-state index contributed by atoms with van der Waals surface area (Å²) in [6.45, 7) is 5.20. The SMILES string of the molecule is Cc1ccc(N2CCCN(C(=O)CCc3nccs3)CC2)nn1. The summed E-state index contributed by atoms with van der Waals surface area (Å²) in [6.07, 6.45) is 4.02. The maximum atomic E-state index is 12.4. The Morgan fingerprint density at radius 2 is 2.13 bits per heavy atom. The number of carbonyl (C=O) groups excluding carboxylic acids is 1. The van der Waals surface area contributed by atoms with E-state index in [1.54, 1.807) is 17.5 Å². The number of hydrogen-bond acceptors (Lipinski definition) is 6. The molecule has 0 aliphatic carbocycles. The van der Waals surface area contributed by atoms with E-state index in [1.165, 1.54) is 0 Å². The van der Waals surface area contributed by atoms with E-state index in [9.17, 15) is 4.79 Å². The van der Waals surface area contributed by atoms with Crippen LogP contribution in [0.5, 0.6) is 0 Å². The van der Waals surface area contributed by atoms with E-state index in [0.29, 0.717) is 6.42 Å². The second kappa shape index (κ2) is 7.50. The average Bonchev–Trinajstić information content (AvgIpc) is 2.96. The van der Waals surface area contributed by atoms with Crippen LogP contribution in [0.1, 0.15) is 23.5 Å². The lowest BCUT2D eigenvalue weighted by Crippen LogP contribution is -2.35. The van der Waals surface area contributed by atoms with E-state index < -0.39 is 0 Å². The maximum Gasteiger partial charge on any atom is 0.223 e. The third-order valence-electron chi connectivity index (χ3n) is 3.99. The van der Waals surface area contributed by atoms with Crippen LogP contribution >= 0.6 is 11.3 Å². The Kier molecular flexibility index (Phi) is 5.17. The molecular weight excluding hydrogens is 310 g/mol. The summed E-state index contributed by atoms with van der Waals surface area (Å²) in [6, 6.07) is 3.98. The van der Waals surface area contributed by atoms with E-state index in [4.69, 9.17) is 0 Å². The molecule has 0 atom stereocenters. The molecule has 0 spiro atoms. The van der Waals surface area contributed by atoms with Crippen molar-refractivity contribution in [1.82, 2.24) is 20.1 Å². The van der Waals surface area contributed by atoms with Gasteiger partial charge in [-0.15, -0.1) is 16.4 Å². The number of hydrogen-bond donors (Lipinski definition) is 0. The van der Waals surface area contributed by atoms with Gasteiger partial charge in [-0.1, -0.05) is 0 Å². The third-order valence-corrected chi connectivity index (χ3v) is 4.83. The minimum absolute atomic E-state index is 0.219. The number of carbonyl (C=O) groups is 1. The number of amides is 1. The number of rotatable bonds is 4. The van der Waals surface area contributed by atoms with Crippen LogP contribution in [0.4, 0.5) is 5.82 Å². The predicted octanol–water partition coefficient (Wildman–Crippen LogP) is 1.91. The van der Waals surface area contributed by atoms with Crippen LogP contribution < -0.4 is 4.90 Å². The molecule has 0 saturated carbocycles. The van der Waals surface area contributed by atoms with Crippen molar-refractivity contribution in [1.29, 1.82) is 0 Å². The third kappa shape index (κ3) is 4.25. The zero-order valence-electron chi connectivity index (χ0n) is 13.3. The van der Waals surface area contributed by atoms with Gasteiger partial charge in [-0.25, -0.2) is 4.98 Å². The molecule has 1 saturated heterocycles.